The van der Waals surface area contributed by atoms with Crippen molar-refractivity contribution in [1.82, 2.24) is 9.97 Å². The van der Waals surface area contributed by atoms with Crippen LogP contribution in [0.4, 0.5) is 30.8 Å². The summed E-state index contributed by atoms with van der Waals surface area (Å²) in [7, 11) is -1.12. The highest BCUT2D eigenvalue weighted by atomic mass is 32.2. The Morgan fingerprint density at radius 1 is 1.00 bits per heavy atom. The zero-order chi connectivity index (χ0) is 18.0. The van der Waals surface area contributed by atoms with Gasteiger partial charge in [-0.1, -0.05) is 6.07 Å². The lowest BCUT2D eigenvalue weighted by Gasteiger charge is -2.12. The van der Waals surface area contributed by atoms with Crippen molar-refractivity contribution < 1.29 is 21.6 Å². The lowest BCUT2D eigenvalue weighted by Crippen LogP contribution is -2.16. The van der Waals surface area contributed by atoms with Gasteiger partial charge in [-0.3, -0.25) is 4.72 Å². The van der Waals surface area contributed by atoms with Crippen molar-refractivity contribution in [2.45, 2.75) is 11.1 Å². The van der Waals surface area contributed by atoms with Gasteiger partial charge in [-0.15, -0.1) is 0 Å². The number of rotatable bonds is 5. The van der Waals surface area contributed by atoms with Crippen molar-refractivity contribution in [3.8, 4) is 0 Å². The molecule has 0 aliphatic rings. The third-order valence-corrected chi connectivity index (χ3v) is 4.27. The zero-order valence-electron chi connectivity index (χ0n) is 12.6. The van der Waals surface area contributed by atoms with Crippen LogP contribution in [0.15, 0.2) is 35.2 Å². The van der Waals surface area contributed by atoms with Crippen LogP contribution in [-0.4, -0.2) is 32.5 Å². The van der Waals surface area contributed by atoms with Gasteiger partial charge in [-0.05, 0) is 18.2 Å². The van der Waals surface area contributed by atoms with E-state index >= 15 is 0 Å². The van der Waals surface area contributed by atoms with Gasteiger partial charge in [0.25, 0.3) is 10.0 Å². The maximum absolute atomic E-state index is 12.7. The maximum Gasteiger partial charge on any atom is 0.416 e. The van der Waals surface area contributed by atoms with Crippen molar-refractivity contribution in [3.05, 3.63) is 35.9 Å². The van der Waals surface area contributed by atoms with Crippen LogP contribution in [-0.2, 0) is 16.2 Å². The van der Waals surface area contributed by atoms with Gasteiger partial charge in [0.1, 0.15) is 11.6 Å². The number of sulfonamides is 1. The van der Waals surface area contributed by atoms with E-state index in [0.717, 1.165) is 18.2 Å². The molecular formula is C13H14F3N5O2S. The fourth-order valence-corrected chi connectivity index (χ4v) is 2.81. The summed E-state index contributed by atoms with van der Waals surface area (Å²) in [5, 5.41) is 5.37. The van der Waals surface area contributed by atoms with Crippen LogP contribution in [0.25, 0.3) is 0 Å². The molecule has 0 saturated heterocycles. The van der Waals surface area contributed by atoms with Crippen molar-refractivity contribution in [2.75, 3.05) is 29.5 Å². The summed E-state index contributed by atoms with van der Waals surface area (Å²) in [6, 6.07) is 4.75. The number of benzene rings is 1. The summed E-state index contributed by atoms with van der Waals surface area (Å²) < 4.78 is 64.9. The van der Waals surface area contributed by atoms with Gasteiger partial charge >= 0.3 is 6.18 Å². The Bertz CT molecular complexity index is 817. The second-order valence-electron chi connectivity index (χ2n) is 4.59. The predicted molar refractivity (Wildman–Crippen MR) is 83.4 cm³/mol. The van der Waals surface area contributed by atoms with E-state index in [-0.39, 0.29) is 11.8 Å². The molecule has 0 bridgehead atoms. The fourth-order valence-electron chi connectivity index (χ4n) is 1.78. The van der Waals surface area contributed by atoms with E-state index in [9.17, 15) is 21.6 Å². The molecule has 0 amide bonds. The molecule has 1 aromatic heterocycles. The van der Waals surface area contributed by atoms with E-state index in [2.05, 4.69) is 25.3 Å². The highest BCUT2D eigenvalue weighted by molar-refractivity contribution is 7.92. The number of nitrogens with zero attached hydrogens (tertiary/aromatic N) is 2. The highest BCUT2D eigenvalue weighted by Gasteiger charge is 2.31. The van der Waals surface area contributed by atoms with Gasteiger partial charge in [0.15, 0.2) is 0 Å². The first-order valence-corrected chi connectivity index (χ1v) is 8.08. The van der Waals surface area contributed by atoms with E-state index in [0.29, 0.717) is 11.9 Å². The Morgan fingerprint density at radius 3 is 2.25 bits per heavy atom. The number of hydrogen-bond donors (Lipinski definition) is 3. The fraction of sp³-hybridized carbons (Fsp3) is 0.231. The molecule has 0 atom stereocenters. The summed E-state index contributed by atoms with van der Waals surface area (Å²) >= 11 is 0. The monoisotopic (exact) mass is 361 g/mol. The van der Waals surface area contributed by atoms with Gasteiger partial charge in [-0.2, -0.15) is 23.1 Å². The van der Waals surface area contributed by atoms with Gasteiger partial charge in [0.2, 0.25) is 5.95 Å². The van der Waals surface area contributed by atoms with Crippen molar-refractivity contribution in [3.63, 3.8) is 0 Å². The molecule has 0 spiro atoms. The molecule has 0 aliphatic heterocycles. The minimum atomic E-state index is -4.64. The zero-order valence-corrected chi connectivity index (χ0v) is 13.5. The summed E-state index contributed by atoms with van der Waals surface area (Å²) in [6.45, 7) is 0. The van der Waals surface area contributed by atoms with Gasteiger partial charge < -0.3 is 10.6 Å². The normalized spacial score (nSPS) is 11.9. The number of alkyl halides is 3. The van der Waals surface area contributed by atoms with Crippen LogP contribution in [0.5, 0.6) is 0 Å². The minimum absolute atomic E-state index is 0.0869. The van der Waals surface area contributed by atoms with Crippen LogP contribution < -0.4 is 15.4 Å². The molecular weight excluding hydrogens is 347 g/mol. The smallest absolute Gasteiger partial charge is 0.373 e. The van der Waals surface area contributed by atoms with Crippen molar-refractivity contribution >= 4 is 27.6 Å². The second kappa shape index (κ2) is 6.51. The molecule has 0 unspecified atom stereocenters. The molecule has 1 heterocycles. The van der Waals surface area contributed by atoms with E-state index in [1.54, 1.807) is 14.1 Å². The van der Waals surface area contributed by atoms with Gasteiger partial charge in [0, 0.05) is 20.2 Å². The predicted octanol–water partition coefficient (Wildman–Crippen LogP) is 2.38. The number of nitrogens with one attached hydrogen (secondary N) is 3. The Hall–Kier alpha value is -2.56. The first-order valence-electron chi connectivity index (χ1n) is 6.60. The standard InChI is InChI=1S/C13H14F3N5O2S/c1-17-10-7-11(20-12(18-2)19-10)21-24(22,23)9-5-3-4-8(6-9)13(14,15)16/h3-7H,1-2H3,(H3,17,18,19,20,21). The second-order valence-corrected chi connectivity index (χ2v) is 6.28. The van der Waals surface area contributed by atoms with E-state index < -0.39 is 26.7 Å². The maximum atomic E-state index is 12.7. The third kappa shape index (κ3) is 4.04. The van der Waals surface area contributed by atoms with Crippen LogP contribution in [0.2, 0.25) is 0 Å². The third-order valence-electron chi connectivity index (χ3n) is 2.92. The molecule has 2 aromatic rings. The van der Waals surface area contributed by atoms with E-state index in [1.807, 2.05) is 0 Å². The number of halogens is 3. The first-order chi connectivity index (χ1) is 11.2. The molecule has 11 heteroatoms. The minimum Gasteiger partial charge on any atom is -0.373 e. The Balaban J connectivity index is 2.39. The summed E-state index contributed by atoms with van der Waals surface area (Å²) in [6.07, 6.45) is -4.64. The van der Waals surface area contributed by atoms with Gasteiger partial charge in [-0.25, -0.2) is 8.42 Å². The van der Waals surface area contributed by atoms with Crippen LogP contribution in [0.3, 0.4) is 0 Å². The SMILES string of the molecule is CNc1cc(NS(=O)(=O)c2cccc(C(F)(F)F)c2)nc(NC)n1. The molecule has 0 saturated carbocycles. The Labute approximate surface area is 136 Å². The van der Waals surface area contributed by atoms with Crippen LogP contribution in [0.1, 0.15) is 5.56 Å². The van der Waals surface area contributed by atoms with E-state index in [1.165, 1.54) is 6.07 Å². The van der Waals surface area contributed by atoms with Gasteiger partial charge in [0.05, 0.1) is 10.5 Å². The summed E-state index contributed by atoms with van der Waals surface area (Å²) in [5.74, 6) is 0.385. The molecule has 3 N–H and O–H groups in total. The first kappa shape index (κ1) is 17.8. The molecule has 130 valence electrons. The number of aromatic nitrogens is 2. The number of hydrogen-bond acceptors (Lipinski definition) is 6. The number of anilines is 3. The molecule has 0 radical (unpaired) electrons. The summed E-state index contributed by atoms with van der Waals surface area (Å²) in [4.78, 5) is 7.39. The van der Waals surface area contributed by atoms with E-state index in [4.69, 9.17) is 0 Å². The lowest BCUT2D eigenvalue weighted by molar-refractivity contribution is -0.137. The van der Waals surface area contributed by atoms with Crippen molar-refractivity contribution in [1.29, 1.82) is 0 Å². The molecule has 7 nitrogen and oxygen atoms in total. The van der Waals surface area contributed by atoms with Crippen LogP contribution >= 0.6 is 0 Å². The molecule has 2 rings (SSSR count). The largest absolute Gasteiger partial charge is 0.416 e. The summed E-state index contributed by atoms with van der Waals surface area (Å²) in [5.41, 5.74) is -1.06. The van der Waals surface area contributed by atoms with Crippen molar-refractivity contribution in [2.24, 2.45) is 0 Å². The Morgan fingerprint density at radius 2 is 1.67 bits per heavy atom. The topological polar surface area (TPSA) is 96.0 Å². The average molecular weight is 361 g/mol. The Kier molecular flexibility index (Phi) is 4.83. The molecule has 24 heavy (non-hydrogen) atoms. The molecule has 1 aromatic carbocycles. The lowest BCUT2D eigenvalue weighted by atomic mass is 10.2. The average Bonchev–Trinajstić information content (AvgIpc) is 2.53. The molecule has 0 aliphatic carbocycles. The molecule has 0 fully saturated rings. The quantitative estimate of drug-likeness (QED) is 0.757. The van der Waals surface area contributed by atoms with Crippen LogP contribution in [0, 0.1) is 0 Å². The highest BCUT2D eigenvalue weighted by Crippen LogP contribution is 2.30.